The highest BCUT2D eigenvalue weighted by Gasteiger charge is 2.33. The minimum atomic E-state index is -4.64. The van der Waals surface area contributed by atoms with E-state index in [1.807, 2.05) is 0 Å². The molecule has 0 aliphatic carbocycles. The monoisotopic (exact) mass is 307 g/mol. The fraction of sp³-hybridized carbons (Fsp3) is 0.462. The Labute approximate surface area is 119 Å². The lowest BCUT2D eigenvalue weighted by Crippen LogP contribution is -2.38. The van der Waals surface area contributed by atoms with Crippen molar-refractivity contribution >= 4 is 5.96 Å². The van der Waals surface area contributed by atoms with Crippen molar-refractivity contribution in [3.63, 3.8) is 0 Å². The summed E-state index contributed by atoms with van der Waals surface area (Å²) in [6.07, 6.45) is -4.64. The summed E-state index contributed by atoms with van der Waals surface area (Å²) in [5.74, 6) is -0.663. The number of nitrogens with zero attached hydrogens (tertiary/aromatic N) is 1. The fourth-order valence-electron chi connectivity index (χ4n) is 1.63. The molecule has 0 fully saturated rings. The lowest BCUT2D eigenvalue weighted by Gasteiger charge is -2.13. The van der Waals surface area contributed by atoms with Gasteiger partial charge in [0.05, 0.1) is 18.7 Å². The van der Waals surface area contributed by atoms with E-state index in [1.54, 1.807) is 6.92 Å². The van der Waals surface area contributed by atoms with Crippen molar-refractivity contribution in [2.75, 3.05) is 19.7 Å². The Balaban J connectivity index is 2.95. The molecule has 4 nitrogen and oxygen atoms in total. The lowest BCUT2D eigenvalue weighted by atomic mass is 10.1. The molecule has 8 heteroatoms. The zero-order chi connectivity index (χ0) is 15.9. The van der Waals surface area contributed by atoms with Crippen LogP contribution >= 0.6 is 0 Å². The number of aliphatic hydroxyl groups is 1. The highest BCUT2D eigenvalue weighted by atomic mass is 19.4. The number of rotatable bonds is 5. The van der Waals surface area contributed by atoms with E-state index in [9.17, 15) is 17.6 Å². The van der Waals surface area contributed by atoms with Crippen LogP contribution in [-0.4, -0.2) is 30.8 Å². The van der Waals surface area contributed by atoms with Gasteiger partial charge in [0.25, 0.3) is 0 Å². The van der Waals surface area contributed by atoms with Gasteiger partial charge in [-0.25, -0.2) is 9.38 Å². The molecule has 0 bridgehead atoms. The molecule has 0 saturated heterocycles. The van der Waals surface area contributed by atoms with Crippen molar-refractivity contribution in [3.05, 3.63) is 35.1 Å². The molecule has 0 aliphatic rings. The molecule has 21 heavy (non-hydrogen) atoms. The molecule has 0 atom stereocenters. The van der Waals surface area contributed by atoms with Gasteiger partial charge in [-0.2, -0.15) is 13.2 Å². The molecular formula is C13H17F4N3O. The Morgan fingerprint density at radius 1 is 1.29 bits per heavy atom. The number of benzene rings is 1. The summed E-state index contributed by atoms with van der Waals surface area (Å²) in [5.41, 5.74) is -1.16. The van der Waals surface area contributed by atoms with E-state index in [0.29, 0.717) is 12.6 Å². The standard InChI is InChI=1S/C13H17F4N3O/c1-2-18-12(19-5-6-21)20-8-9-3-4-10(14)7-11(9)13(15,16)17/h3-4,7,21H,2,5-6,8H2,1H3,(H2,18,19,20). The summed E-state index contributed by atoms with van der Waals surface area (Å²) in [6.45, 7) is 2.16. The lowest BCUT2D eigenvalue weighted by molar-refractivity contribution is -0.138. The second-order valence-electron chi connectivity index (χ2n) is 4.14. The molecule has 1 aromatic rings. The first-order valence-corrected chi connectivity index (χ1v) is 6.37. The van der Waals surface area contributed by atoms with E-state index in [1.165, 1.54) is 0 Å². The minimum absolute atomic E-state index is 0.120. The van der Waals surface area contributed by atoms with Crippen molar-refractivity contribution in [1.29, 1.82) is 0 Å². The van der Waals surface area contributed by atoms with Crippen LogP contribution in [0, 0.1) is 5.82 Å². The van der Waals surface area contributed by atoms with Crippen LogP contribution in [0.1, 0.15) is 18.1 Å². The molecule has 1 rings (SSSR count). The second kappa shape index (κ2) is 7.82. The van der Waals surface area contributed by atoms with Crippen LogP contribution in [0.2, 0.25) is 0 Å². The van der Waals surface area contributed by atoms with Gasteiger partial charge >= 0.3 is 6.18 Å². The van der Waals surface area contributed by atoms with Crippen LogP contribution < -0.4 is 10.6 Å². The van der Waals surface area contributed by atoms with E-state index in [4.69, 9.17) is 5.11 Å². The maximum Gasteiger partial charge on any atom is 0.416 e. The normalized spacial score (nSPS) is 12.4. The number of hydrogen-bond acceptors (Lipinski definition) is 2. The van der Waals surface area contributed by atoms with Crippen molar-refractivity contribution < 1.29 is 22.7 Å². The quantitative estimate of drug-likeness (QED) is 0.442. The number of halogens is 4. The van der Waals surface area contributed by atoms with Crippen LogP contribution in [0.5, 0.6) is 0 Å². The van der Waals surface area contributed by atoms with Crippen molar-refractivity contribution in [2.24, 2.45) is 4.99 Å². The van der Waals surface area contributed by atoms with Crippen molar-refractivity contribution in [2.45, 2.75) is 19.6 Å². The van der Waals surface area contributed by atoms with Gasteiger partial charge in [0, 0.05) is 13.1 Å². The number of aliphatic hydroxyl groups excluding tert-OH is 1. The van der Waals surface area contributed by atoms with Gasteiger partial charge in [0.15, 0.2) is 5.96 Å². The molecular weight excluding hydrogens is 290 g/mol. The largest absolute Gasteiger partial charge is 0.416 e. The molecule has 3 N–H and O–H groups in total. The molecule has 0 radical (unpaired) electrons. The number of aliphatic imine (C=N–C) groups is 1. The molecule has 0 unspecified atom stereocenters. The number of hydrogen-bond donors (Lipinski definition) is 3. The first-order valence-electron chi connectivity index (χ1n) is 6.37. The molecule has 0 aliphatic heterocycles. The van der Waals surface area contributed by atoms with Gasteiger partial charge in [-0.05, 0) is 24.6 Å². The Morgan fingerprint density at radius 2 is 2.00 bits per heavy atom. The van der Waals surface area contributed by atoms with Gasteiger partial charge in [0.1, 0.15) is 5.82 Å². The molecule has 0 aromatic heterocycles. The van der Waals surface area contributed by atoms with E-state index in [-0.39, 0.29) is 31.2 Å². The topological polar surface area (TPSA) is 56.7 Å². The number of nitrogens with one attached hydrogen (secondary N) is 2. The van der Waals surface area contributed by atoms with E-state index < -0.39 is 17.6 Å². The fourth-order valence-corrected chi connectivity index (χ4v) is 1.63. The molecule has 0 amide bonds. The second-order valence-corrected chi connectivity index (χ2v) is 4.14. The molecule has 0 heterocycles. The third-order valence-corrected chi connectivity index (χ3v) is 2.53. The van der Waals surface area contributed by atoms with Gasteiger partial charge in [-0.3, -0.25) is 0 Å². The van der Waals surface area contributed by atoms with E-state index >= 15 is 0 Å². The molecule has 0 saturated carbocycles. The molecule has 118 valence electrons. The summed E-state index contributed by atoms with van der Waals surface area (Å²) in [5, 5.41) is 14.3. The third kappa shape index (κ3) is 5.58. The predicted molar refractivity (Wildman–Crippen MR) is 71.3 cm³/mol. The first-order chi connectivity index (χ1) is 9.88. The van der Waals surface area contributed by atoms with Crippen LogP contribution in [0.4, 0.5) is 17.6 Å². The first kappa shape index (κ1) is 17.2. The summed E-state index contributed by atoms with van der Waals surface area (Å²) in [7, 11) is 0. The highest BCUT2D eigenvalue weighted by molar-refractivity contribution is 5.79. The Hall–Kier alpha value is -1.83. The van der Waals surface area contributed by atoms with E-state index in [2.05, 4.69) is 15.6 Å². The van der Waals surface area contributed by atoms with E-state index in [0.717, 1.165) is 12.1 Å². The SMILES string of the molecule is CCNC(=NCc1ccc(F)cc1C(F)(F)F)NCCO. The molecule has 0 spiro atoms. The van der Waals surface area contributed by atoms with Gasteiger partial charge in [0.2, 0.25) is 0 Å². The van der Waals surface area contributed by atoms with Crippen LogP contribution in [-0.2, 0) is 12.7 Å². The van der Waals surface area contributed by atoms with Crippen molar-refractivity contribution in [3.8, 4) is 0 Å². The average molecular weight is 307 g/mol. The summed E-state index contributed by atoms with van der Waals surface area (Å²) in [6, 6.07) is 2.49. The van der Waals surface area contributed by atoms with Gasteiger partial charge in [-0.15, -0.1) is 0 Å². The smallest absolute Gasteiger partial charge is 0.395 e. The van der Waals surface area contributed by atoms with Gasteiger partial charge < -0.3 is 15.7 Å². The van der Waals surface area contributed by atoms with Crippen LogP contribution in [0.3, 0.4) is 0 Å². The zero-order valence-electron chi connectivity index (χ0n) is 11.5. The highest BCUT2D eigenvalue weighted by Crippen LogP contribution is 2.32. The average Bonchev–Trinajstić information content (AvgIpc) is 2.42. The predicted octanol–water partition coefficient (Wildman–Crippen LogP) is 1.89. The Bertz CT molecular complexity index is 489. The summed E-state index contributed by atoms with van der Waals surface area (Å²) in [4.78, 5) is 3.99. The number of alkyl halides is 3. The number of guanidine groups is 1. The minimum Gasteiger partial charge on any atom is -0.395 e. The summed E-state index contributed by atoms with van der Waals surface area (Å²) >= 11 is 0. The maximum absolute atomic E-state index is 13.0. The summed E-state index contributed by atoms with van der Waals surface area (Å²) < 4.78 is 51.4. The van der Waals surface area contributed by atoms with Crippen LogP contribution in [0.25, 0.3) is 0 Å². The van der Waals surface area contributed by atoms with Gasteiger partial charge in [-0.1, -0.05) is 6.07 Å². The third-order valence-electron chi connectivity index (χ3n) is 2.53. The molecule has 1 aromatic carbocycles. The maximum atomic E-state index is 13.0. The van der Waals surface area contributed by atoms with Crippen LogP contribution in [0.15, 0.2) is 23.2 Å². The Morgan fingerprint density at radius 3 is 2.57 bits per heavy atom. The van der Waals surface area contributed by atoms with Crippen molar-refractivity contribution in [1.82, 2.24) is 10.6 Å². The zero-order valence-corrected chi connectivity index (χ0v) is 11.5. The Kier molecular flexibility index (Phi) is 6.41.